The summed E-state index contributed by atoms with van der Waals surface area (Å²) in [5.74, 6) is 0. The molecule has 0 aliphatic rings. The van der Waals surface area contributed by atoms with Crippen molar-refractivity contribution in [2.45, 2.75) is 13.1 Å². The van der Waals surface area contributed by atoms with Crippen LogP contribution in [0.3, 0.4) is 0 Å². The normalized spacial score (nSPS) is 11.5. The first kappa shape index (κ1) is 11.8. The van der Waals surface area contributed by atoms with Gasteiger partial charge in [-0.25, -0.2) is 0 Å². The van der Waals surface area contributed by atoms with E-state index in [1.165, 1.54) is 0 Å². The van der Waals surface area contributed by atoms with Gasteiger partial charge >= 0.3 is 6.18 Å². The van der Waals surface area contributed by atoms with Crippen LogP contribution in [-0.2, 0) is 6.18 Å². The van der Waals surface area contributed by atoms with Gasteiger partial charge in [-0.1, -0.05) is 11.6 Å². The quantitative estimate of drug-likeness (QED) is 0.555. The van der Waals surface area contributed by atoms with E-state index < -0.39 is 22.4 Å². The summed E-state index contributed by atoms with van der Waals surface area (Å²) < 4.78 is 37.2. The van der Waals surface area contributed by atoms with Crippen molar-refractivity contribution in [3.63, 3.8) is 0 Å². The van der Waals surface area contributed by atoms with E-state index in [0.717, 1.165) is 13.0 Å². The molecule has 0 atom stereocenters. The summed E-state index contributed by atoms with van der Waals surface area (Å²) >= 11 is 5.46. The molecule has 0 saturated heterocycles. The minimum absolute atomic E-state index is 0.213. The first-order valence-corrected chi connectivity index (χ1v) is 4.13. The maximum atomic E-state index is 12.4. The molecule has 7 heteroatoms. The van der Waals surface area contributed by atoms with Crippen LogP contribution >= 0.6 is 11.6 Å². The minimum atomic E-state index is -4.64. The Bertz CT molecular complexity index is 417. The van der Waals surface area contributed by atoms with E-state index in [1.807, 2.05) is 0 Å². The Morgan fingerprint density at radius 1 is 1.40 bits per heavy atom. The average molecular weight is 240 g/mol. The van der Waals surface area contributed by atoms with E-state index in [4.69, 9.17) is 11.6 Å². The van der Waals surface area contributed by atoms with E-state index in [-0.39, 0.29) is 10.6 Å². The van der Waals surface area contributed by atoms with Crippen LogP contribution in [0.15, 0.2) is 12.1 Å². The van der Waals surface area contributed by atoms with E-state index in [2.05, 4.69) is 0 Å². The van der Waals surface area contributed by atoms with Gasteiger partial charge in [0.25, 0.3) is 5.69 Å². The fourth-order valence-electron chi connectivity index (χ4n) is 1.06. The zero-order chi connectivity index (χ0) is 11.8. The second-order valence-electron chi connectivity index (χ2n) is 2.86. The van der Waals surface area contributed by atoms with E-state index in [9.17, 15) is 23.3 Å². The molecule has 0 bridgehead atoms. The number of rotatable bonds is 1. The van der Waals surface area contributed by atoms with Gasteiger partial charge in [-0.2, -0.15) is 13.2 Å². The van der Waals surface area contributed by atoms with Gasteiger partial charge in [0.2, 0.25) is 0 Å². The Labute approximate surface area is 87.6 Å². The number of nitro benzene ring substituents is 1. The molecule has 0 spiro atoms. The molecule has 0 amide bonds. The molecule has 0 saturated carbocycles. The molecule has 1 aromatic rings. The van der Waals surface area contributed by atoms with Crippen LogP contribution in [0.2, 0.25) is 5.02 Å². The van der Waals surface area contributed by atoms with Crippen LogP contribution in [0.25, 0.3) is 0 Å². The molecule has 0 unspecified atom stereocenters. The number of non-ortho nitro benzene ring substituents is 1. The summed E-state index contributed by atoms with van der Waals surface area (Å²) in [6.07, 6.45) is -4.64. The first-order chi connectivity index (χ1) is 6.73. The maximum absolute atomic E-state index is 12.4. The lowest BCUT2D eigenvalue weighted by atomic mass is 10.1. The van der Waals surface area contributed by atoms with E-state index >= 15 is 0 Å². The number of halogens is 4. The Morgan fingerprint density at radius 2 is 1.93 bits per heavy atom. The van der Waals surface area contributed by atoms with Crippen molar-refractivity contribution in [2.75, 3.05) is 0 Å². The van der Waals surface area contributed by atoms with Crippen LogP contribution < -0.4 is 0 Å². The molecule has 1 aromatic carbocycles. The fourth-order valence-corrected chi connectivity index (χ4v) is 1.28. The van der Waals surface area contributed by atoms with Gasteiger partial charge in [0.1, 0.15) is 0 Å². The van der Waals surface area contributed by atoms with Crippen molar-refractivity contribution in [3.05, 3.63) is 38.4 Å². The van der Waals surface area contributed by atoms with Gasteiger partial charge in [0.15, 0.2) is 0 Å². The zero-order valence-corrected chi connectivity index (χ0v) is 8.19. The van der Waals surface area contributed by atoms with Crippen LogP contribution in [-0.4, -0.2) is 4.92 Å². The molecule has 15 heavy (non-hydrogen) atoms. The lowest BCUT2D eigenvalue weighted by molar-refractivity contribution is -0.385. The molecular formula is C8H5ClF3NO2. The van der Waals surface area contributed by atoms with Crippen molar-refractivity contribution in [1.29, 1.82) is 0 Å². The second kappa shape index (κ2) is 3.69. The van der Waals surface area contributed by atoms with Gasteiger partial charge in [-0.05, 0) is 12.5 Å². The highest BCUT2D eigenvalue weighted by Crippen LogP contribution is 2.37. The molecule has 0 N–H and O–H groups in total. The van der Waals surface area contributed by atoms with Gasteiger partial charge in [0.05, 0.1) is 15.5 Å². The minimum Gasteiger partial charge on any atom is -0.258 e. The third-order valence-corrected chi connectivity index (χ3v) is 2.24. The number of hydrogen-bond donors (Lipinski definition) is 0. The standard InChI is InChI=1S/C8H5ClF3NO2/c1-4-6(8(10,11)12)2-5(13(14)15)3-7(4)9/h2-3H,1H3. The summed E-state index contributed by atoms with van der Waals surface area (Å²) in [5.41, 5.74) is -1.96. The molecule has 0 aliphatic heterocycles. The SMILES string of the molecule is Cc1c(Cl)cc([N+](=O)[O-])cc1C(F)(F)F. The van der Waals surface area contributed by atoms with Crippen LogP contribution in [0.1, 0.15) is 11.1 Å². The lowest BCUT2D eigenvalue weighted by Crippen LogP contribution is -2.08. The number of nitrogens with zero attached hydrogens (tertiary/aromatic N) is 1. The molecule has 1 rings (SSSR count). The largest absolute Gasteiger partial charge is 0.416 e. The average Bonchev–Trinajstić information content (AvgIpc) is 2.06. The monoisotopic (exact) mass is 239 g/mol. The molecule has 0 heterocycles. The van der Waals surface area contributed by atoms with Crippen molar-refractivity contribution < 1.29 is 18.1 Å². The van der Waals surface area contributed by atoms with Crippen molar-refractivity contribution in [1.82, 2.24) is 0 Å². The van der Waals surface area contributed by atoms with Gasteiger partial charge in [-0.15, -0.1) is 0 Å². The molecular weight excluding hydrogens is 235 g/mol. The Hall–Kier alpha value is -1.30. The van der Waals surface area contributed by atoms with Crippen LogP contribution in [0.4, 0.5) is 18.9 Å². The number of nitro groups is 1. The number of benzene rings is 1. The summed E-state index contributed by atoms with van der Waals surface area (Å²) in [7, 11) is 0. The highest BCUT2D eigenvalue weighted by molar-refractivity contribution is 6.31. The third kappa shape index (κ3) is 2.38. The molecule has 0 aromatic heterocycles. The topological polar surface area (TPSA) is 43.1 Å². The zero-order valence-electron chi connectivity index (χ0n) is 7.43. The summed E-state index contributed by atoms with van der Waals surface area (Å²) in [6, 6.07) is 1.37. The first-order valence-electron chi connectivity index (χ1n) is 3.75. The van der Waals surface area contributed by atoms with Crippen LogP contribution in [0.5, 0.6) is 0 Å². The smallest absolute Gasteiger partial charge is 0.258 e. The maximum Gasteiger partial charge on any atom is 0.416 e. The summed E-state index contributed by atoms with van der Waals surface area (Å²) in [5, 5.41) is 10.1. The van der Waals surface area contributed by atoms with Gasteiger partial charge in [-0.3, -0.25) is 10.1 Å². The van der Waals surface area contributed by atoms with Crippen LogP contribution in [0, 0.1) is 17.0 Å². The second-order valence-corrected chi connectivity index (χ2v) is 3.26. The van der Waals surface area contributed by atoms with E-state index in [1.54, 1.807) is 0 Å². The highest BCUT2D eigenvalue weighted by atomic mass is 35.5. The Balaban J connectivity index is 3.45. The van der Waals surface area contributed by atoms with Crippen molar-refractivity contribution in [2.24, 2.45) is 0 Å². The Morgan fingerprint density at radius 3 is 2.33 bits per heavy atom. The third-order valence-electron chi connectivity index (χ3n) is 1.85. The van der Waals surface area contributed by atoms with Crippen molar-refractivity contribution >= 4 is 17.3 Å². The predicted molar refractivity (Wildman–Crippen MR) is 47.8 cm³/mol. The molecule has 0 aliphatic carbocycles. The predicted octanol–water partition coefficient (Wildman–Crippen LogP) is 3.58. The van der Waals surface area contributed by atoms with Gasteiger partial charge < -0.3 is 0 Å². The lowest BCUT2D eigenvalue weighted by Gasteiger charge is -2.10. The van der Waals surface area contributed by atoms with Crippen molar-refractivity contribution in [3.8, 4) is 0 Å². The fraction of sp³-hybridized carbons (Fsp3) is 0.250. The highest BCUT2D eigenvalue weighted by Gasteiger charge is 2.35. The summed E-state index contributed by atoms with van der Waals surface area (Å²) in [6.45, 7) is 1.16. The molecule has 3 nitrogen and oxygen atoms in total. The Kier molecular flexibility index (Phi) is 2.90. The molecule has 82 valence electrons. The molecule has 0 radical (unpaired) electrons. The van der Waals surface area contributed by atoms with Gasteiger partial charge in [0, 0.05) is 12.1 Å². The number of hydrogen-bond acceptors (Lipinski definition) is 2. The number of alkyl halides is 3. The molecule has 0 fully saturated rings. The summed E-state index contributed by atoms with van der Waals surface area (Å²) in [4.78, 5) is 9.41. The van der Waals surface area contributed by atoms with E-state index in [0.29, 0.717) is 6.07 Å².